The van der Waals surface area contributed by atoms with Crippen LogP contribution in [0.5, 0.6) is 5.75 Å². The number of benzene rings is 2. The number of para-hydroxylation sites is 1. The van der Waals surface area contributed by atoms with E-state index in [1.165, 1.54) is 16.8 Å². The zero-order valence-corrected chi connectivity index (χ0v) is 23.7. The number of hydrogen-bond acceptors (Lipinski definition) is 4. The number of hydrogen-bond donors (Lipinski definition) is 2. The fourth-order valence-electron chi connectivity index (χ4n) is 5.50. The van der Waals surface area contributed by atoms with E-state index in [1.54, 1.807) is 7.11 Å². The first-order valence-electron chi connectivity index (χ1n) is 13.1. The van der Waals surface area contributed by atoms with Gasteiger partial charge in [0.2, 0.25) is 5.91 Å². The Morgan fingerprint density at radius 2 is 1.77 bits per heavy atom. The van der Waals surface area contributed by atoms with Crippen molar-refractivity contribution in [3.05, 3.63) is 101 Å². The molecule has 0 bridgehead atoms. The number of anilines is 2. The summed E-state index contributed by atoms with van der Waals surface area (Å²) in [6.45, 7) is 8.33. The molecule has 2 aromatic carbocycles. The normalized spacial score (nSPS) is 16.7. The first-order chi connectivity index (χ1) is 18.8. The van der Waals surface area contributed by atoms with Crippen LogP contribution in [0.2, 0.25) is 0 Å². The maximum absolute atomic E-state index is 12.1. The highest BCUT2D eigenvalue weighted by atomic mass is 32.1. The minimum absolute atomic E-state index is 0.0727. The van der Waals surface area contributed by atoms with Crippen LogP contribution in [0.15, 0.2) is 72.9 Å². The second kappa shape index (κ2) is 10.9. The van der Waals surface area contributed by atoms with Crippen molar-refractivity contribution in [2.24, 2.45) is 0 Å². The molecule has 2 atom stereocenters. The van der Waals surface area contributed by atoms with Crippen LogP contribution >= 0.6 is 12.2 Å². The molecule has 2 aromatic heterocycles. The van der Waals surface area contributed by atoms with E-state index >= 15 is 0 Å². The van der Waals surface area contributed by atoms with Crippen LogP contribution in [0.1, 0.15) is 53.6 Å². The molecule has 2 N–H and O–H groups in total. The summed E-state index contributed by atoms with van der Waals surface area (Å²) in [5, 5.41) is 7.08. The lowest BCUT2D eigenvalue weighted by molar-refractivity contribution is -0.115. The fourth-order valence-corrected chi connectivity index (χ4v) is 5.85. The molecule has 0 unspecified atom stereocenters. The summed E-state index contributed by atoms with van der Waals surface area (Å²) in [5.74, 6) is 0.500. The van der Waals surface area contributed by atoms with Crippen molar-refractivity contribution in [1.82, 2.24) is 14.9 Å². The average Bonchev–Trinajstić information content (AvgIpc) is 3.41. The minimum atomic E-state index is -0.174. The van der Waals surface area contributed by atoms with Gasteiger partial charge in [0.25, 0.3) is 0 Å². The average molecular weight is 540 g/mol. The molecule has 3 heterocycles. The zero-order chi connectivity index (χ0) is 27.7. The summed E-state index contributed by atoms with van der Waals surface area (Å²) in [6, 6.07) is 21.8. The van der Waals surface area contributed by atoms with Crippen LogP contribution in [-0.4, -0.2) is 27.7 Å². The molecule has 7 nitrogen and oxygen atoms in total. The lowest BCUT2D eigenvalue weighted by Crippen LogP contribution is -2.30. The summed E-state index contributed by atoms with van der Waals surface area (Å²) in [5.41, 5.74) is 8.26. The van der Waals surface area contributed by atoms with Gasteiger partial charge in [0, 0.05) is 47.0 Å². The Bertz CT molecular complexity index is 1520. The third-order valence-electron chi connectivity index (χ3n) is 7.47. The van der Waals surface area contributed by atoms with Crippen LogP contribution in [-0.2, 0) is 4.79 Å². The van der Waals surface area contributed by atoms with Crippen molar-refractivity contribution in [1.29, 1.82) is 0 Å². The molecule has 0 spiro atoms. The molecular weight excluding hydrogens is 506 g/mol. The Kier molecular flexibility index (Phi) is 7.39. The first-order valence-corrected chi connectivity index (χ1v) is 13.5. The summed E-state index contributed by atoms with van der Waals surface area (Å²) in [6.07, 6.45) is 2.20. The number of carbonyl (C=O) groups excluding carboxylic acids is 1. The molecule has 1 fully saturated rings. The van der Waals surface area contributed by atoms with Crippen LogP contribution in [0.25, 0.3) is 5.69 Å². The number of aromatic nitrogens is 2. The molecule has 0 aliphatic carbocycles. The van der Waals surface area contributed by atoms with Gasteiger partial charge in [-0.15, -0.1) is 0 Å². The van der Waals surface area contributed by atoms with Crippen molar-refractivity contribution >= 4 is 34.6 Å². The van der Waals surface area contributed by atoms with Crippen LogP contribution in [0.4, 0.5) is 11.4 Å². The fraction of sp³-hybridized carbons (Fsp3) is 0.258. The predicted molar refractivity (Wildman–Crippen MR) is 160 cm³/mol. The van der Waals surface area contributed by atoms with Crippen molar-refractivity contribution in [3.63, 3.8) is 0 Å². The van der Waals surface area contributed by atoms with Gasteiger partial charge in [-0.3, -0.25) is 9.78 Å². The zero-order valence-electron chi connectivity index (χ0n) is 22.9. The molecule has 1 amide bonds. The van der Waals surface area contributed by atoms with E-state index in [4.69, 9.17) is 21.9 Å². The highest BCUT2D eigenvalue weighted by molar-refractivity contribution is 7.80. The highest BCUT2D eigenvalue weighted by Gasteiger charge is 2.43. The maximum atomic E-state index is 12.1. The van der Waals surface area contributed by atoms with Crippen molar-refractivity contribution in [2.45, 2.75) is 46.2 Å². The Morgan fingerprint density at radius 1 is 1.03 bits per heavy atom. The number of nitrogens with zero attached hydrogens (tertiary/aromatic N) is 3. The Morgan fingerprint density at radius 3 is 2.44 bits per heavy atom. The molecular formula is C31H33N5O2S. The molecule has 39 heavy (non-hydrogen) atoms. The third kappa shape index (κ3) is 4.76. The lowest BCUT2D eigenvalue weighted by atomic mass is 9.93. The largest absolute Gasteiger partial charge is 0.494 e. The lowest BCUT2D eigenvalue weighted by Gasteiger charge is -2.29. The summed E-state index contributed by atoms with van der Waals surface area (Å²) >= 11 is 5.97. The van der Waals surface area contributed by atoms with E-state index < -0.39 is 0 Å². The number of nitrogens with one attached hydrogen (secondary N) is 2. The minimum Gasteiger partial charge on any atom is -0.494 e. The van der Waals surface area contributed by atoms with E-state index in [9.17, 15) is 4.79 Å². The van der Waals surface area contributed by atoms with E-state index in [-0.39, 0.29) is 18.0 Å². The van der Waals surface area contributed by atoms with Gasteiger partial charge in [-0.05, 0) is 75.0 Å². The molecule has 1 saturated heterocycles. The van der Waals surface area contributed by atoms with E-state index in [2.05, 4.69) is 65.1 Å². The number of thiocarbonyl (C=S) groups is 1. The number of methoxy groups -OCH3 is 1. The van der Waals surface area contributed by atoms with E-state index in [0.29, 0.717) is 23.0 Å². The summed E-state index contributed by atoms with van der Waals surface area (Å²) < 4.78 is 7.99. The summed E-state index contributed by atoms with van der Waals surface area (Å²) in [4.78, 5) is 18.9. The second-order valence-electron chi connectivity index (χ2n) is 9.66. The van der Waals surface area contributed by atoms with Gasteiger partial charge in [-0.1, -0.05) is 31.2 Å². The van der Waals surface area contributed by atoms with Gasteiger partial charge >= 0.3 is 0 Å². The molecule has 0 saturated carbocycles. The predicted octanol–water partition coefficient (Wildman–Crippen LogP) is 6.33. The quantitative estimate of drug-likeness (QED) is 0.267. The molecule has 5 rings (SSSR count). The van der Waals surface area contributed by atoms with E-state index in [1.807, 2.05) is 55.6 Å². The maximum Gasteiger partial charge on any atom is 0.224 e. The van der Waals surface area contributed by atoms with E-state index in [0.717, 1.165) is 22.8 Å². The van der Waals surface area contributed by atoms with Crippen molar-refractivity contribution in [3.8, 4) is 11.4 Å². The number of amides is 1. The summed E-state index contributed by atoms with van der Waals surface area (Å²) in [7, 11) is 1.60. The molecule has 1 aliphatic heterocycles. The SMILES string of the molecule is CCC(=O)Nc1ccc(N2C(=S)N[C@@H](c3ccccn3)[C@H]2c2c(C)c(C)n(-c3ccccc3)c2C)cc1OC. The number of rotatable bonds is 7. The standard InChI is InChI=1S/C31H33N5O2S/c1-6-27(37)33-24-16-15-23(18-26(24)38-5)36-30(29(34-31(36)39)25-14-10-11-17-32-25)28-19(2)20(3)35(21(28)4)22-12-8-7-9-13-22/h7-18,29-30H,6H2,1-5H3,(H,33,37)(H,34,39)/t29-,30+/m0/s1. The molecule has 4 aromatic rings. The van der Waals surface area contributed by atoms with Gasteiger partial charge in [-0.2, -0.15) is 0 Å². The first kappa shape index (κ1) is 26.4. The highest BCUT2D eigenvalue weighted by Crippen LogP contribution is 2.46. The smallest absolute Gasteiger partial charge is 0.224 e. The topological polar surface area (TPSA) is 71.4 Å². The van der Waals surface area contributed by atoms with Gasteiger partial charge in [0.15, 0.2) is 5.11 Å². The third-order valence-corrected chi connectivity index (χ3v) is 7.79. The van der Waals surface area contributed by atoms with Gasteiger partial charge in [0.05, 0.1) is 30.6 Å². The van der Waals surface area contributed by atoms with Crippen molar-refractivity contribution < 1.29 is 9.53 Å². The Balaban J connectivity index is 1.68. The monoisotopic (exact) mass is 539 g/mol. The van der Waals surface area contributed by atoms with Gasteiger partial charge < -0.3 is 24.8 Å². The molecule has 0 radical (unpaired) electrons. The molecule has 8 heteroatoms. The second-order valence-corrected chi connectivity index (χ2v) is 10.1. The Hall–Kier alpha value is -4.17. The van der Waals surface area contributed by atoms with Crippen LogP contribution in [0.3, 0.4) is 0 Å². The molecule has 1 aliphatic rings. The van der Waals surface area contributed by atoms with Gasteiger partial charge in [0.1, 0.15) is 5.75 Å². The van der Waals surface area contributed by atoms with Crippen LogP contribution < -0.4 is 20.3 Å². The number of carbonyl (C=O) groups is 1. The molecule has 200 valence electrons. The van der Waals surface area contributed by atoms with Gasteiger partial charge in [-0.25, -0.2) is 0 Å². The Labute approximate surface area is 234 Å². The number of ether oxygens (including phenoxy) is 1. The van der Waals surface area contributed by atoms with Crippen molar-refractivity contribution in [2.75, 3.05) is 17.3 Å². The number of pyridine rings is 1. The van der Waals surface area contributed by atoms with Crippen LogP contribution in [0, 0.1) is 20.8 Å².